The molecule has 17 heavy (non-hydrogen) atoms. The van der Waals surface area contributed by atoms with Crippen molar-refractivity contribution in [1.29, 1.82) is 0 Å². The first-order valence-corrected chi connectivity index (χ1v) is 5.56. The van der Waals surface area contributed by atoms with E-state index in [1.165, 1.54) is 0 Å². The molecule has 1 rings (SSSR count). The third-order valence-electron chi connectivity index (χ3n) is 2.26. The summed E-state index contributed by atoms with van der Waals surface area (Å²) in [5.74, 6) is 0.507. The number of urea groups is 1. The Balaban J connectivity index is 2.69. The fourth-order valence-corrected chi connectivity index (χ4v) is 1.30. The number of nitrogens with zero attached hydrogens (tertiary/aromatic N) is 1. The summed E-state index contributed by atoms with van der Waals surface area (Å²) in [5, 5.41) is 13.7. The van der Waals surface area contributed by atoms with Gasteiger partial charge in [-0.3, -0.25) is 5.32 Å². The number of aliphatic hydroxyl groups is 1. The minimum atomic E-state index is -0.363. The summed E-state index contributed by atoms with van der Waals surface area (Å²) < 4.78 is 0. The van der Waals surface area contributed by atoms with Gasteiger partial charge in [0.2, 0.25) is 0 Å². The summed E-state index contributed by atoms with van der Waals surface area (Å²) in [4.78, 5) is 15.4. The molecule has 0 saturated heterocycles. The molecule has 0 aliphatic heterocycles. The molecule has 0 bridgehead atoms. The molecule has 0 aliphatic rings. The van der Waals surface area contributed by atoms with Crippen molar-refractivity contribution in [3.63, 3.8) is 0 Å². The molecule has 1 heterocycles. The van der Waals surface area contributed by atoms with Crippen LogP contribution < -0.4 is 10.6 Å². The molecule has 0 aromatic carbocycles. The molecule has 0 unspecified atom stereocenters. The van der Waals surface area contributed by atoms with Crippen LogP contribution >= 0.6 is 0 Å². The molecule has 0 fully saturated rings. The Morgan fingerprint density at radius 3 is 2.76 bits per heavy atom. The highest BCUT2D eigenvalue weighted by atomic mass is 16.3. The van der Waals surface area contributed by atoms with Crippen LogP contribution in [-0.4, -0.2) is 29.3 Å². The van der Waals surface area contributed by atoms with Crippen LogP contribution in [-0.2, 0) is 5.41 Å². The predicted octanol–water partition coefficient (Wildman–Crippen LogP) is 1.49. The molecule has 0 aliphatic carbocycles. The van der Waals surface area contributed by atoms with Crippen LogP contribution in [0.15, 0.2) is 18.3 Å². The van der Waals surface area contributed by atoms with Crippen LogP contribution in [0.3, 0.4) is 0 Å². The summed E-state index contributed by atoms with van der Waals surface area (Å²) in [6.07, 6.45) is 1.67. The van der Waals surface area contributed by atoms with E-state index in [4.69, 9.17) is 5.11 Å². The van der Waals surface area contributed by atoms with E-state index in [9.17, 15) is 4.79 Å². The number of amides is 2. The van der Waals surface area contributed by atoms with Crippen molar-refractivity contribution in [2.45, 2.75) is 26.2 Å². The second kappa shape index (κ2) is 5.63. The van der Waals surface area contributed by atoms with Gasteiger partial charge in [-0.2, -0.15) is 0 Å². The molecule has 94 valence electrons. The number of anilines is 1. The summed E-state index contributed by atoms with van der Waals surface area (Å²) in [6.45, 7) is 6.43. The lowest BCUT2D eigenvalue weighted by molar-refractivity contribution is 0.244. The smallest absolute Gasteiger partial charge is 0.320 e. The van der Waals surface area contributed by atoms with E-state index in [2.05, 4.69) is 36.4 Å². The van der Waals surface area contributed by atoms with E-state index in [0.29, 0.717) is 5.82 Å². The van der Waals surface area contributed by atoms with Crippen LogP contribution in [0.2, 0.25) is 0 Å². The zero-order valence-electron chi connectivity index (χ0n) is 10.4. The highest BCUT2D eigenvalue weighted by molar-refractivity contribution is 5.88. The zero-order chi connectivity index (χ0) is 12.9. The monoisotopic (exact) mass is 237 g/mol. The summed E-state index contributed by atoms with van der Waals surface area (Å²) in [7, 11) is 0. The Morgan fingerprint density at radius 2 is 2.18 bits per heavy atom. The van der Waals surface area contributed by atoms with Crippen molar-refractivity contribution in [3.05, 3.63) is 23.9 Å². The van der Waals surface area contributed by atoms with Crippen molar-refractivity contribution in [3.8, 4) is 0 Å². The second-order valence-corrected chi connectivity index (χ2v) is 4.78. The van der Waals surface area contributed by atoms with Gasteiger partial charge in [-0.05, 0) is 23.1 Å². The minimum absolute atomic E-state index is 0.0148. The fourth-order valence-electron chi connectivity index (χ4n) is 1.30. The Morgan fingerprint density at radius 1 is 1.47 bits per heavy atom. The van der Waals surface area contributed by atoms with Crippen LogP contribution in [0.1, 0.15) is 26.3 Å². The molecule has 3 N–H and O–H groups in total. The lowest BCUT2D eigenvalue weighted by Crippen LogP contribution is -2.31. The fraction of sp³-hybridized carbons (Fsp3) is 0.500. The maximum atomic E-state index is 11.4. The van der Waals surface area contributed by atoms with Crippen LogP contribution in [0.25, 0.3) is 0 Å². The third kappa shape index (κ3) is 4.40. The molecule has 0 radical (unpaired) electrons. The van der Waals surface area contributed by atoms with Crippen molar-refractivity contribution < 1.29 is 9.90 Å². The van der Waals surface area contributed by atoms with Gasteiger partial charge < -0.3 is 10.4 Å². The summed E-state index contributed by atoms with van der Waals surface area (Å²) >= 11 is 0. The van der Waals surface area contributed by atoms with E-state index in [0.717, 1.165) is 5.56 Å². The number of aromatic nitrogens is 1. The molecule has 1 aromatic heterocycles. The average Bonchev–Trinajstić information content (AvgIpc) is 2.25. The molecular weight excluding hydrogens is 218 g/mol. The normalized spacial score (nSPS) is 11.1. The number of rotatable bonds is 3. The van der Waals surface area contributed by atoms with Gasteiger partial charge in [0, 0.05) is 12.7 Å². The second-order valence-electron chi connectivity index (χ2n) is 4.78. The van der Waals surface area contributed by atoms with Crippen molar-refractivity contribution in [2.24, 2.45) is 0 Å². The van der Waals surface area contributed by atoms with Crippen molar-refractivity contribution in [1.82, 2.24) is 10.3 Å². The maximum absolute atomic E-state index is 11.4. The van der Waals surface area contributed by atoms with Gasteiger partial charge in [0.05, 0.1) is 6.61 Å². The highest BCUT2D eigenvalue weighted by Gasteiger charge is 2.14. The lowest BCUT2D eigenvalue weighted by Gasteiger charge is -2.19. The largest absolute Gasteiger partial charge is 0.395 e. The number of aliphatic hydroxyl groups excluding tert-OH is 1. The van der Waals surface area contributed by atoms with E-state index in [1.54, 1.807) is 6.20 Å². The van der Waals surface area contributed by atoms with E-state index in [1.807, 2.05) is 12.1 Å². The Hall–Kier alpha value is -1.62. The van der Waals surface area contributed by atoms with Gasteiger partial charge in [0.1, 0.15) is 5.82 Å². The molecular formula is C12H19N3O2. The highest BCUT2D eigenvalue weighted by Crippen LogP contribution is 2.23. The number of carbonyl (C=O) groups is 1. The zero-order valence-corrected chi connectivity index (χ0v) is 10.4. The first-order valence-electron chi connectivity index (χ1n) is 5.56. The van der Waals surface area contributed by atoms with Crippen LogP contribution in [0.5, 0.6) is 0 Å². The van der Waals surface area contributed by atoms with Gasteiger partial charge in [0.15, 0.2) is 0 Å². The average molecular weight is 237 g/mol. The molecule has 2 amide bonds. The molecule has 0 saturated carbocycles. The van der Waals surface area contributed by atoms with Crippen molar-refractivity contribution >= 4 is 11.8 Å². The van der Waals surface area contributed by atoms with Gasteiger partial charge in [0.25, 0.3) is 0 Å². The molecule has 5 nitrogen and oxygen atoms in total. The first kappa shape index (κ1) is 13.4. The Labute approximate surface area is 101 Å². The quantitative estimate of drug-likeness (QED) is 0.745. The number of hydrogen-bond acceptors (Lipinski definition) is 3. The molecule has 5 heteroatoms. The maximum Gasteiger partial charge on any atom is 0.320 e. The van der Waals surface area contributed by atoms with Gasteiger partial charge in [-0.1, -0.05) is 20.8 Å². The predicted molar refractivity (Wildman–Crippen MR) is 67.0 cm³/mol. The Bertz CT molecular complexity index is 386. The van der Waals surface area contributed by atoms with Gasteiger partial charge >= 0.3 is 6.03 Å². The number of nitrogens with one attached hydrogen (secondary N) is 2. The Kier molecular flexibility index (Phi) is 4.45. The summed E-state index contributed by atoms with van der Waals surface area (Å²) in [5.41, 5.74) is 1.12. The van der Waals surface area contributed by atoms with E-state index < -0.39 is 0 Å². The summed E-state index contributed by atoms with van der Waals surface area (Å²) in [6, 6.07) is 3.41. The SMILES string of the molecule is CC(C)(C)c1ccnc(NC(=O)NCCO)c1. The molecule has 1 aromatic rings. The number of pyridine rings is 1. The number of hydrogen-bond donors (Lipinski definition) is 3. The number of carbonyl (C=O) groups excluding carboxylic acids is 1. The third-order valence-corrected chi connectivity index (χ3v) is 2.26. The van der Waals surface area contributed by atoms with Gasteiger partial charge in [-0.15, -0.1) is 0 Å². The standard InChI is InChI=1S/C12H19N3O2/c1-12(2,3)9-4-5-13-10(8-9)15-11(17)14-6-7-16/h4-5,8,16H,6-7H2,1-3H3,(H2,13,14,15,17). The van der Waals surface area contributed by atoms with E-state index in [-0.39, 0.29) is 24.6 Å². The van der Waals surface area contributed by atoms with Crippen LogP contribution in [0.4, 0.5) is 10.6 Å². The van der Waals surface area contributed by atoms with E-state index >= 15 is 0 Å². The van der Waals surface area contributed by atoms with Crippen molar-refractivity contribution in [2.75, 3.05) is 18.5 Å². The van der Waals surface area contributed by atoms with Crippen LogP contribution in [0, 0.1) is 0 Å². The minimum Gasteiger partial charge on any atom is -0.395 e. The topological polar surface area (TPSA) is 74.2 Å². The molecule has 0 atom stereocenters. The van der Waals surface area contributed by atoms with Gasteiger partial charge in [-0.25, -0.2) is 9.78 Å². The lowest BCUT2D eigenvalue weighted by atomic mass is 9.88. The first-order chi connectivity index (χ1) is 7.93. The molecule has 0 spiro atoms.